The molecule has 0 aliphatic carbocycles. The SMILES string of the molecule is COc1ccc(-c2cc(C(=O)NC[C@H](C)N3C[C@H](C)C[C@@H](C)C3)no2)cc1. The summed E-state index contributed by atoms with van der Waals surface area (Å²) in [4.78, 5) is 14.9. The maximum atomic E-state index is 12.4. The Morgan fingerprint density at radius 2 is 1.96 bits per heavy atom. The van der Waals surface area contributed by atoms with Crippen LogP contribution in [0.4, 0.5) is 0 Å². The molecular weight excluding hydrogens is 342 g/mol. The molecule has 3 rings (SSSR count). The Hall–Kier alpha value is -2.34. The Balaban J connectivity index is 1.56. The summed E-state index contributed by atoms with van der Waals surface area (Å²) in [5, 5.41) is 6.90. The van der Waals surface area contributed by atoms with Crippen molar-refractivity contribution in [1.82, 2.24) is 15.4 Å². The third kappa shape index (κ3) is 4.89. The molecule has 2 heterocycles. The zero-order valence-electron chi connectivity index (χ0n) is 16.6. The summed E-state index contributed by atoms with van der Waals surface area (Å²) >= 11 is 0. The first-order valence-corrected chi connectivity index (χ1v) is 9.59. The Morgan fingerprint density at radius 1 is 1.30 bits per heavy atom. The van der Waals surface area contributed by atoms with Crippen LogP contribution in [0.25, 0.3) is 11.3 Å². The van der Waals surface area contributed by atoms with E-state index in [9.17, 15) is 4.79 Å². The molecule has 1 aromatic carbocycles. The van der Waals surface area contributed by atoms with E-state index in [2.05, 4.69) is 36.1 Å². The summed E-state index contributed by atoms with van der Waals surface area (Å²) in [6, 6.07) is 9.42. The van der Waals surface area contributed by atoms with Gasteiger partial charge in [0.2, 0.25) is 0 Å². The van der Waals surface area contributed by atoms with Crippen molar-refractivity contribution < 1.29 is 14.1 Å². The lowest BCUT2D eigenvalue weighted by Gasteiger charge is -2.38. The summed E-state index contributed by atoms with van der Waals surface area (Å²) < 4.78 is 10.5. The Kier molecular flexibility index (Phi) is 6.16. The second-order valence-electron chi connectivity index (χ2n) is 7.76. The molecular formula is C21H29N3O3. The molecule has 0 spiro atoms. The second-order valence-corrected chi connectivity index (χ2v) is 7.76. The second kappa shape index (κ2) is 8.57. The molecule has 0 bridgehead atoms. The number of hydrogen-bond acceptors (Lipinski definition) is 5. The van der Waals surface area contributed by atoms with Gasteiger partial charge in [0.25, 0.3) is 5.91 Å². The van der Waals surface area contributed by atoms with Crippen molar-refractivity contribution in [1.29, 1.82) is 0 Å². The first kappa shape index (κ1) is 19.4. The van der Waals surface area contributed by atoms with Crippen molar-refractivity contribution in [3.05, 3.63) is 36.0 Å². The van der Waals surface area contributed by atoms with Crippen LogP contribution in [0.3, 0.4) is 0 Å². The van der Waals surface area contributed by atoms with Crippen LogP contribution in [0.5, 0.6) is 5.75 Å². The minimum absolute atomic E-state index is 0.205. The molecule has 1 aliphatic rings. The van der Waals surface area contributed by atoms with Crippen LogP contribution in [0.2, 0.25) is 0 Å². The van der Waals surface area contributed by atoms with Gasteiger partial charge in [-0.1, -0.05) is 19.0 Å². The van der Waals surface area contributed by atoms with E-state index in [4.69, 9.17) is 9.26 Å². The number of aromatic nitrogens is 1. The minimum Gasteiger partial charge on any atom is -0.497 e. The van der Waals surface area contributed by atoms with Gasteiger partial charge < -0.3 is 14.6 Å². The molecule has 0 unspecified atom stereocenters. The molecule has 1 saturated heterocycles. The number of piperidine rings is 1. The Labute approximate surface area is 160 Å². The van der Waals surface area contributed by atoms with Crippen LogP contribution in [0, 0.1) is 11.8 Å². The fraction of sp³-hybridized carbons (Fsp3) is 0.524. The van der Waals surface area contributed by atoms with Gasteiger partial charge in [-0.15, -0.1) is 0 Å². The van der Waals surface area contributed by atoms with Gasteiger partial charge in [-0.2, -0.15) is 0 Å². The highest BCUT2D eigenvalue weighted by Crippen LogP contribution is 2.24. The van der Waals surface area contributed by atoms with Crippen molar-refractivity contribution in [2.45, 2.75) is 33.2 Å². The number of nitrogens with zero attached hydrogens (tertiary/aromatic N) is 2. The van der Waals surface area contributed by atoms with Gasteiger partial charge >= 0.3 is 0 Å². The van der Waals surface area contributed by atoms with Gasteiger partial charge in [0.05, 0.1) is 7.11 Å². The highest BCUT2D eigenvalue weighted by Gasteiger charge is 2.25. The third-order valence-corrected chi connectivity index (χ3v) is 5.20. The predicted octanol–water partition coefficient (Wildman–Crippen LogP) is 3.45. The van der Waals surface area contributed by atoms with Crippen LogP contribution >= 0.6 is 0 Å². The molecule has 0 saturated carbocycles. The average molecular weight is 371 g/mol. The van der Waals surface area contributed by atoms with Crippen LogP contribution < -0.4 is 10.1 Å². The van der Waals surface area contributed by atoms with E-state index in [1.54, 1.807) is 13.2 Å². The fourth-order valence-corrected chi connectivity index (χ4v) is 3.80. The van der Waals surface area contributed by atoms with Gasteiger partial charge in [-0.05, 0) is 49.4 Å². The first-order valence-electron chi connectivity index (χ1n) is 9.59. The van der Waals surface area contributed by atoms with E-state index in [0.29, 0.717) is 35.9 Å². The van der Waals surface area contributed by atoms with Crippen LogP contribution in [-0.4, -0.2) is 48.7 Å². The Morgan fingerprint density at radius 3 is 2.59 bits per heavy atom. The third-order valence-electron chi connectivity index (χ3n) is 5.20. The maximum absolute atomic E-state index is 12.4. The van der Waals surface area contributed by atoms with Crippen molar-refractivity contribution in [3.63, 3.8) is 0 Å². The lowest BCUT2D eigenvalue weighted by Crippen LogP contribution is -2.48. The van der Waals surface area contributed by atoms with Crippen molar-refractivity contribution in [2.24, 2.45) is 11.8 Å². The highest BCUT2D eigenvalue weighted by atomic mass is 16.5. The lowest BCUT2D eigenvalue weighted by atomic mass is 9.91. The van der Waals surface area contributed by atoms with Gasteiger partial charge in [0.15, 0.2) is 11.5 Å². The largest absolute Gasteiger partial charge is 0.497 e. The summed E-state index contributed by atoms with van der Waals surface area (Å²) in [5.74, 6) is 2.54. The number of hydrogen-bond donors (Lipinski definition) is 1. The number of ether oxygens (including phenoxy) is 1. The monoisotopic (exact) mass is 371 g/mol. The van der Waals surface area contributed by atoms with E-state index < -0.39 is 0 Å². The van der Waals surface area contributed by atoms with Crippen LogP contribution in [0.1, 0.15) is 37.7 Å². The minimum atomic E-state index is -0.205. The standard InChI is InChI=1S/C21H29N3O3/c1-14-9-15(2)13-24(12-14)16(3)11-22-21(25)19-10-20(27-23-19)17-5-7-18(26-4)8-6-17/h5-8,10,14-16H,9,11-13H2,1-4H3,(H,22,25)/t14-,15-,16+/m1/s1. The number of benzene rings is 1. The zero-order chi connectivity index (χ0) is 19.4. The lowest BCUT2D eigenvalue weighted by molar-refractivity contribution is 0.0862. The molecule has 1 aromatic heterocycles. The zero-order valence-corrected chi connectivity index (χ0v) is 16.6. The van der Waals surface area contributed by atoms with Gasteiger partial charge in [-0.25, -0.2) is 0 Å². The Bertz CT molecular complexity index is 746. The number of methoxy groups -OCH3 is 1. The van der Waals surface area contributed by atoms with Crippen molar-refractivity contribution in [2.75, 3.05) is 26.7 Å². The molecule has 1 N–H and O–H groups in total. The molecule has 1 aliphatic heterocycles. The summed E-state index contributed by atoms with van der Waals surface area (Å²) in [5.41, 5.74) is 1.15. The fourth-order valence-electron chi connectivity index (χ4n) is 3.80. The molecule has 0 radical (unpaired) electrons. The molecule has 146 valence electrons. The van der Waals surface area contributed by atoms with E-state index in [-0.39, 0.29) is 5.91 Å². The van der Waals surface area contributed by atoms with Crippen LogP contribution in [0.15, 0.2) is 34.9 Å². The van der Waals surface area contributed by atoms with E-state index >= 15 is 0 Å². The average Bonchev–Trinajstić information content (AvgIpc) is 3.15. The van der Waals surface area contributed by atoms with E-state index in [1.165, 1.54) is 6.42 Å². The topological polar surface area (TPSA) is 67.6 Å². The number of carbonyl (C=O) groups is 1. The molecule has 27 heavy (non-hydrogen) atoms. The van der Waals surface area contributed by atoms with Crippen molar-refractivity contribution in [3.8, 4) is 17.1 Å². The van der Waals surface area contributed by atoms with Gasteiger partial charge in [-0.3, -0.25) is 9.69 Å². The van der Waals surface area contributed by atoms with Crippen molar-refractivity contribution >= 4 is 5.91 Å². The number of nitrogens with one attached hydrogen (secondary N) is 1. The molecule has 1 fully saturated rings. The highest BCUT2D eigenvalue weighted by molar-refractivity contribution is 5.93. The van der Waals surface area contributed by atoms with Gasteiger partial charge in [0, 0.05) is 37.3 Å². The number of rotatable bonds is 6. The molecule has 6 heteroatoms. The molecule has 2 aromatic rings. The summed E-state index contributed by atoms with van der Waals surface area (Å²) in [6.45, 7) is 9.54. The summed E-state index contributed by atoms with van der Waals surface area (Å²) in [7, 11) is 1.62. The number of likely N-dealkylation sites (tertiary alicyclic amines) is 1. The maximum Gasteiger partial charge on any atom is 0.273 e. The normalized spacial score (nSPS) is 21.6. The first-order chi connectivity index (χ1) is 13.0. The van der Waals surface area contributed by atoms with E-state index in [1.807, 2.05) is 24.3 Å². The van der Waals surface area contributed by atoms with E-state index in [0.717, 1.165) is 24.4 Å². The predicted molar refractivity (Wildman–Crippen MR) is 105 cm³/mol. The van der Waals surface area contributed by atoms with Crippen LogP contribution in [-0.2, 0) is 0 Å². The summed E-state index contributed by atoms with van der Waals surface area (Å²) in [6.07, 6.45) is 1.28. The quantitative estimate of drug-likeness (QED) is 0.842. The molecule has 3 atom stereocenters. The molecule has 6 nitrogen and oxygen atoms in total. The van der Waals surface area contributed by atoms with Gasteiger partial charge in [0.1, 0.15) is 5.75 Å². The number of amides is 1. The molecule has 1 amide bonds. The number of carbonyl (C=O) groups excluding carboxylic acids is 1. The smallest absolute Gasteiger partial charge is 0.273 e.